The number of hydrogen-bond acceptors (Lipinski definition) is 7. The molecule has 0 radical (unpaired) electrons. The topological polar surface area (TPSA) is 175 Å². The van der Waals surface area contributed by atoms with E-state index in [0.717, 1.165) is 21.9 Å². The van der Waals surface area contributed by atoms with Crippen molar-refractivity contribution in [2.24, 2.45) is 5.92 Å². The van der Waals surface area contributed by atoms with Crippen LogP contribution >= 0.6 is 0 Å². The van der Waals surface area contributed by atoms with Crippen LogP contribution in [0.15, 0.2) is 85.3 Å². The summed E-state index contributed by atoms with van der Waals surface area (Å²) in [7, 11) is 0. The van der Waals surface area contributed by atoms with Gasteiger partial charge in [-0.25, -0.2) is 9.78 Å². The number of nitrogens with one attached hydrogen (secondary N) is 5. The Hall–Kier alpha value is -5.23. The minimum absolute atomic E-state index is 0.00990. The average molecular weight is 671 g/mol. The van der Waals surface area contributed by atoms with Crippen LogP contribution in [0, 0.1) is 5.92 Å². The molecule has 12 nitrogen and oxygen atoms in total. The number of imidazole rings is 1. The number of hydrogen-bond donors (Lipinski definition) is 6. The quantitative estimate of drug-likeness (QED) is 0.0996. The van der Waals surface area contributed by atoms with Gasteiger partial charge in [-0.05, 0) is 41.2 Å². The van der Waals surface area contributed by atoms with Gasteiger partial charge in [-0.15, -0.1) is 0 Å². The number of fused-ring (bicyclic) bond motifs is 1. The third-order valence-corrected chi connectivity index (χ3v) is 8.02. The highest BCUT2D eigenvalue weighted by molar-refractivity contribution is 5.93. The molecule has 0 saturated carbocycles. The highest BCUT2D eigenvalue weighted by atomic mass is 16.5. The number of aromatic nitrogens is 2. The first-order chi connectivity index (χ1) is 23.6. The van der Waals surface area contributed by atoms with Crippen molar-refractivity contribution in [1.82, 2.24) is 31.2 Å². The molecule has 0 aliphatic heterocycles. The first-order valence-corrected chi connectivity index (χ1v) is 16.6. The van der Waals surface area contributed by atoms with E-state index in [2.05, 4.69) is 31.2 Å². The molecular weight excluding hydrogens is 624 g/mol. The molecule has 0 aliphatic carbocycles. The number of alkyl carbamates (subject to hydrolysis) is 1. The third kappa shape index (κ3) is 11.5. The summed E-state index contributed by atoms with van der Waals surface area (Å²) < 4.78 is 5.45. The van der Waals surface area contributed by atoms with Crippen LogP contribution in [-0.2, 0) is 38.6 Å². The maximum Gasteiger partial charge on any atom is 0.408 e. The molecule has 6 N–H and O–H groups in total. The van der Waals surface area contributed by atoms with E-state index in [4.69, 9.17) is 4.74 Å². The molecule has 4 rings (SSSR count). The van der Waals surface area contributed by atoms with E-state index >= 15 is 0 Å². The molecule has 12 heteroatoms. The van der Waals surface area contributed by atoms with Gasteiger partial charge in [0.25, 0.3) is 0 Å². The second kappa shape index (κ2) is 18.3. The van der Waals surface area contributed by atoms with Crippen molar-refractivity contribution in [3.8, 4) is 0 Å². The first-order valence-electron chi connectivity index (χ1n) is 16.6. The largest absolute Gasteiger partial charge is 0.445 e. The lowest BCUT2D eigenvalue weighted by Crippen LogP contribution is -2.57. The zero-order chi connectivity index (χ0) is 35.2. The van der Waals surface area contributed by atoms with E-state index in [0.29, 0.717) is 18.7 Å². The van der Waals surface area contributed by atoms with E-state index in [1.54, 1.807) is 13.1 Å². The van der Waals surface area contributed by atoms with Gasteiger partial charge in [0.05, 0.1) is 24.9 Å². The van der Waals surface area contributed by atoms with Gasteiger partial charge in [0.1, 0.15) is 18.7 Å². The van der Waals surface area contributed by atoms with Crippen LogP contribution in [0.2, 0.25) is 0 Å². The van der Waals surface area contributed by atoms with Crippen LogP contribution < -0.4 is 21.3 Å². The lowest BCUT2D eigenvalue weighted by atomic mass is 9.96. The smallest absolute Gasteiger partial charge is 0.408 e. The molecule has 1 aromatic heterocycles. The number of amides is 4. The number of ether oxygens (including phenoxy) is 1. The number of aliphatic hydroxyl groups excluding tert-OH is 1. The molecule has 0 saturated heterocycles. The predicted molar refractivity (Wildman–Crippen MR) is 186 cm³/mol. The van der Waals surface area contributed by atoms with Crippen molar-refractivity contribution >= 4 is 34.6 Å². The average Bonchev–Trinajstić information content (AvgIpc) is 3.60. The fraction of sp³-hybridized carbons (Fsp3) is 0.378. The third-order valence-electron chi connectivity index (χ3n) is 8.02. The Balaban J connectivity index is 1.57. The number of aliphatic hydroxyl groups is 1. The molecule has 0 aliphatic rings. The molecule has 1 heterocycles. The van der Waals surface area contributed by atoms with Crippen molar-refractivity contribution < 1.29 is 29.0 Å². The number of carbonyl (C=O) groups is 4. The first kappa shape index (κ1) is 36.6. The number of benzene rings is 3. The van der Waals surface area contributed by atoms with Crippen LogP contribution in [0.1, 0.15) is 50.4 Å². The Morgan fingerprint density at radius 1 is 0.857 bits per heavy atom. The van der Waals surface area contributed by atoms with Gasteiger partial charge in [0.2, 0.25) is 17.7 Å². The molecule has 4 amide bonds. The van der Waals surface area contributed by atoms with Crippen LogP contribution in [0.4, 0.5) is 4.79 Å². The molecule has 3 aromatic carbocycles. The van der Waals surface area contributed by atoms with Crippen molar-refractivity contribution in [2.75, 3.05) is 6.54 Å². The second-order valence-electron chi connectivity index (χ2n) is 12.4. The Morgan fingerprint density at radius 2 is 1.55 bits per heavy atom. The summed E-state index contributed by atoms with van der Waals surface area (Å²) in [5, 5.41) is 23.9. The number of H-pyrrole nitrogens is 1. The van der Waals surface area contributed by atoms with Crippen LogP contribution in [-0.4, -0.2) is 69.7 Å². The Morgan fingerprint density at radius 3 is 2.27 bits per heavy atom. The Labute approximate surface area is 286 Å². The lowest BCUT2D eigenvalue weighted by molar-refractivity contribution is -0.131. The summed E-state index contributed by atoms with van der Waals surface area (Å²) in [6.07, 6.45) is 1.46. The number of rotatable bonds is 17. The molecule has 0 unspecified atom stereocenters. The molecular formula is C37H46N6O6. The van der Waals surface area contributed by atoms with Crippen molar-refractivity contribution in [3.63, 3.8) is 0 Å². The molecule has 4 atom stereocenters. The summed E-state index contributed by atoms with van der Waals surface area (Å²) in [5.41, 5.74) is 2.19. The van der Waals surface area contributed by atoms with Gasteiger partial charge in [-0.2, -0.15) is 0 Å². The highest BCUT2D eigenvalue weighted by Gasteiger charge is 2.32. The van der Waals surface area contributed by atoms with Gasteiger partial charge >= 0.3 is 6.09 Å². The van der Waals surface area contributed by atoms with Crippen LogP contribution in [0.25, 0.3) is 10.8 Å². The molecule has 0 bridgehead atoms. The van der Waals surface area contributed by atoms with E-state index in [1.165, 1.54) is 6.33 Å². The molecule has 0 fully saturated rings. The number of carbonyl (C=O) groups excluding carboxylic acids is 4. The van der Waals surface area contributed by atoms with Gasteiger partial charge < -0.3 is 36.1 Å². The molecule has 49 heavy (non-hydrogen) atoms. The summed E-state index contributed by atoms with van der Waals surface area (Å²) in [4.78, 5) is 60.2. The summed E-state index contributed by atoms with van der Waals surface area (Å²) >= 11 is 0. The monoisotopic (exact) mass is 670 g/mol. The van der Waals surface area contributed by atoms with E-state index < -0.39 is 42.1 Å². The molecule has 260 valence electrons. The van der Waals surface area contributed by atoms with E-state index in [1.807, 2.05) is 86.6 Å². The standard InChI is InChI=1S/C37H46N6O6/c1-4-39-34(45)20-33(44)30(17-24(2)3)41-36(47)32(19-28-21-38-23-40-28)42-35(46)31(43-37(48)49-22-25-11-6-5-7-12-25)18-27-15-10-14-26-13-8-9-16-29(26)27/h5-16,21,23-24,30-33,44H,4,17-20,22H2,1-3H3,(H,38,40)(H,39,45)(H,41,47)(H,42,46)(H,43,48)/t30-,31-,32-,33-/m0/s1. The summed E-state index contributed by atoms with van der Waals surface area (Å²) in [6, 6.07) is 19.7. The fourth-order valence-electron chi connectivity index (χ4n) is 5.61. The maximum atomic E-state index is 14.1. The zero-order valence-corrected chi connectivity index (χ0v) is 28.1. The Bertz CT molecular complexity index is 1660. The van der Waals surface area contributed by atoms with Crippen molar-refractivity contribution in [3.05, 3.63) is 102 Å². The van der Waals surface area contributed by atoms with Gasteiger partial charge in [0.15, 0.2) is 0 Å². The number of nitrogens with zero attached hydrogens (tertiary/aromatic N) is 1. The van der Waals surface area contributed by atoms with Crippen molar-refractivity contribution in [1.29, 1.82) is 0 Å². The number of aromatic amines is 1. The summed E-state index contributed by atoms with van der Waals surface area (Å²) in [5.74, 6) is -1.40. The van der Waals surface area contributed by atoms with E-state index in [-0.39, 0.29) is 37.7 Å². The van der Waals surface area contributed by atoms with Gasteiger partial charge in [-0.1, -0.05) is 86.6 Å². The fourth-order valence-corrected chi connectivity index (χ4v) is 5.61. The zero-order valence-electron chi connectivity index (χ0n) is 28.1. The lowest BCUT2D eigenvalue weighted by Gasteiger charge is -2.29. The van der Waals surface area contributed by atoms with Crippen molar-refractivity contribution in [2.45, 2.75) is 77.3 Å². The minimum Gasteiger partial charge on any atom is -0.445 e. The SMILES string of the molecule is CCNC(=O)C[C@H](O)[C@H](CC(C)C)NC(=O)[C@H](Cc1cnc[nH]1)NC(=O)[C@H](Cc1cccc2ccccc12)NC(=O)OCc1ccccc1. The minimum atomic E-state index is -1.15. The molecule has 4 aromatic rings. The van der Waals surface area contributed by atoms with Gasteiger partial charge in [-0.3, -0.25) is 14.4 Å². The Kier molecular flexibility index (Phi) is 13.7. The molecule has 0 spiro atoms. The highest BCUT2D eigenvalue weighted by Crippen LogP contribution is 2.20. The van der Waals surface area contributed by atoms with E-state index in [9.17, 15) is 24.3 Å². The van der Waals surface area contributed by atoms with Crippen LogP contribution in [0.3, 0.4) is 0 Å². The summed E-state index contributed by atoms with van der Waals surface area (Å²) in [6.45, 7) is 6.10. The second-order valence-corrected chi connectivity index (χ2v) is 12.4. The predicted octanol–water partition coefficient (Wildman–Crippen LogP) is 3.55. The normalized spacial score (nSPS) is 13.6. The van der Waals surface area contributed by atoms with Crippen LogP contribution in [0.5, 0.6) is 0 Å². The maximum absolute atomic E-state index is 14.1. The van der Waals surface area contributed by atoms with Gasteiger partial charge in [0, 0.05) is 31.3 Å².